The number of thiazole rings is 1. The summed E-state index contributed by atoms with van der Waals surface area (Å²) in [5, 5.41) is 8.94. The van der Waals surface area contributed by atoms with Gasteiger partial charge in [-0.15, -0.1) is 11.3 Å². The fourth-order valence-electron chi connectivity index (χ4n) is 3.26. The lowest BCUT2D eigenvalue weighted by molar-refractivity contribution is -0.120. The van der Waals surface area contributed by atoms with Gasteiger partial charge in [0.05, 0.1) is 28.7 Å². The number of hydrogen-bond donors (Lipinski definition) is 2. The first-order chi connectivity index (χ1) is 16.1. The van der Waals surface area contributed by atoms with Gasteiger partial charge in [0.15, 0.2) is 0 Å². The Labute approximate surface area is 196 Å². The number of aryl methyl sites for hydroxylation is 1. The average Bonchev–Trinajstić information content (AvgIpc) is 3.35. The van der Waals surface area contributed by atoms with Crippen molar-refractivity contribution in [2.45, 2.75) is 26.9 Å². The van der Waals surface area contributed by atoms with Crippen LogP contribution in [0.5, 0.6) is 11.5 Å². The second kappa shape index (κ2) is 10.7. The molecule has 0 unspecified atom stereocenters. The molecule has 0 aliphatic carbocycles. The van der Waals surface area contributed by atoms with Gasteiger partial charge < -0.3 is 20.1 Å². The number of nitrogens with one attached hydrogen (secondary N) is 2. The van der Waals surface area contributed by atoms with Crippen LogP contribution in [-0.4, -0.2) is 34.0 Å². The maximum atomic E-state index is 11.4. The van der Waals surface area contributed by atoms with Gasteiger partial charge in [-0.25, -0.2) is 15.0 Å². The second-order valence-electron chi connectivity index (χ2n) is 7.30. The largest absolute Gasteiger partial charge is 0.491 e. The Bertz CT molecular complexity index is 1220. The molecule has 0 aliphatic rings. The molecule has 0 saturated carbocycles. The summed E-state index contributed by atoms with van der Waals surface area (Å²) >= 11 is 1.55. The Hall–Kier alpha value is -3.72. The van der Waals surface area contributed by atoms with E-state index in [2.05, 4.69) is 25.6 Å². The van der Waals surface area contributed by atoms with Crippen LogP contribution in [0.4, 0.5) is 11.5 Å². The highest BCUT2D eigenvalue weighted by Crippen LogP contribution is 2.32. The minimum Gasteiger partial charge on any atom is -0.491 e. The number of benzene rings is 2. The van der Waals surface area contributed by atoms with E-state index < -0.39 is 0 Å². The number of carbonyl (C=O) groups is 1. The zero-order valence-electron chi connectivity index (χ0n) is 18.5. The smallest absolute Gasteiger partial charge is 0.219 e. The molecule has 0 atom stereocenters. The van der Waals surface area contributed by atoms with Crippen molar-refractivity contribution in [3.8, 4) is 11.5 Å². The van der Waals surface area contributed by atoms with Crippen LogP contribution in [-0.2, 0) is 11.4 Å². The molecular weight excluding hydrogens is 438 g/mol. The highest BCUT2D eigenvalue weighted by atomic mass is 32.1. The molecule has 1 amide bonds. The molecular formula is C24H25N5O3S. The Morgan fingerprint density at radius 2 is 2.00 bits per heavy atom. The molecule has 0 radical (unpaired) electrons. The Morgan fingerprint density at radius 3 is 2.79 bits per heavy atom. The summed E-state index contributed by atoms with van der Waals surface area (Å²) < 4.78 is 11.8. The number of hydrogen-bond acceptors (Lipinski definition) is 8. The van der Waals surface area contributed by atoms with Gasteiger partial charge in [-0.2, -0.15) is 0 Å². The molecule has 170 valence electrons. The summed E-state index contributed by atoms with van der Waals surface area (Å²) in [6.07, 6.45) is 1.97. The van der Waals surface area contributed by atoms with E-state index in [4.69, 9.17) is 9.47 Å². The summed E-state index contributed by atoms with van der Waals surface area (Å²) in [4.78, 5) is 24.5. The molecule has 2 aromatic heterocycles. The van der Waals surface area contributed by atoms with Crippen LogP contribution < -0.4 is 20.1 Å². The molecule has 0 fully saturated rings. The first kappa shape index (κ1) is 22.5. The van der Waals surface area contributed by atoms with E-state index in [1.54, 1.807) is 16.8 Å². The third-order valence-electron chi connectivity index (χ3n) is 4.92. The van der Waals surface area contributed by atoms with Crippen molar-refractivity contribution in [2.24, 2.45) is 0 Å². The highest BCUT2D eigenvalue weighted by Gasteiger charge is 2.12. The van der Waals surface area contributed by atoms with E-state index in [-0.39, 0.29) is 5.91 Å². The molecule has 4 rings (SSSR count). The highest BCUT2D eigenvalue weighted by molar-refractivity contribution is 7.07. The molecule has 33 heavy (non-hydrogen) atoms. The quantitative estimate of drug-likeness (QED) is 0.331. The van der Waals surface area contributed by atoms with Crippen LogP contribution in [0.3, 0.4) is 0 Å². The van der Waals surface area contributed by atoms with E-state index >= 15 is 0 Å². The monoisotopic (exact) mass is 463 g/mol. The number of ether oxygens (including phenoxy) is 2. The third kappa shape index (κ3) is 5.75. The molecule has 8 nitrogen and oxygen atoms in total. The number of rotatable bonds is 10. The van der Waals surface area contributed by atoms with Gasteiger partial charge in [0.2, 0.25) is 5.91 Å². The minimum atomic E-state index is -0.00316. The van der Waals surface area contributed by atoms with Crippen LogP contribution in [0.1, 0.15) is 24.6 Å². The number of aromatic nitrogens is 3. The van der Waals surface area contributed by atoms with Crippen molar-refractivity contribution < 1.29 is 14.3 Å². The number of amides is 1. The topological polar surface area (TPSA) is 98.3 Å². The lowest BCUT2D eigenvalue weighted by Gasteiger charge is -2.14. The molecule has 2 aromatic carbocycles. The van der Waals surface area contributed by atoms with Gasteiger partial charge >= 0.3 is 0 Å². The predicted octanol–water partition coefficient (Wildman–Crippen LogP) is 4.62. The van der Waals surface area contributed by atoms with E-state index in [1.807, 2.05) is 55.6 Å². The summed E-state index contributed by atoms with van der Waals surface area (Å²) in [6.45, 7) is 5.04. The molecule has 0 bridgehead atoms. The van der Waals surface area contributed by atoms with Crippen LogP contribution in [0.25, 0.3) is 10.9 Å². The number of fused-ring (bicyclic) bond motifs is 1. The molecule has 2 N–H and O–H groups in total. The average molecular weight is 464 g/mol. The first-order valence-corrected chi connectivity index (χ1v) is 11.6. The maximum Gasteiger partial charge on any atom is 0.219 e. The zero-order valence-corrected chi connectivity index (χ0v) is 19.3. The fourth-order valence-corrected chi connectivity index (χ4v) is 3.80. The molecule has 4 aromatic rings. The van der Waals surface area contributed by atoms with Gasteiger partial charge in [0, 0.05) is 17.5 Å². The number of nitrogens with zero attached hydrogens (tertiary/aromatic N) is 3. The standard InChI is InChI=1S/C24H25N5O3S/c1-3-22(30)25-9-10-31-21-6-4-5-19-23(21)24(27-14-26-19)29-17-7-8-20(16(2)11-17)32-12-18-13-33-15-28-18/h4-8,11,13-15H,3,9-10,12H2,1-2H3,(H,25,30)(H,26,27,29). The lowest BCUT2D eigenvalue weighted by atomic mass is 10.1. The molecule has 9 heteroatoms. The molecule has 0 saturated heterocycles. The Balaban J connectivity index is 1.49. The van der Waals surface area contributed by atoms with Gasteiger partial charge in [-0.3, -0.25) is 4.79 Å². The summed E-state index contributed by atoms with van der Waals surface area (Å²) in [5.74, 6) is 2.10. The molecule has 0 spiro atoms. The SMILES string of the molecule is CCC(=O)NCCOc1cccc2ncnc(Nc3ccc(OCc4cscn4)c(C)c3)c12. The van der Waals surface area contributed by atoms with Gasteiger partial charge in [0.1, 0.15) is 36.9 Å². The fraction of sp³-hybridized carbons (Fsp3) is 0.250. The van der Waals surface area contributed by atoms with Crippen LogP contribution >= 0.6 is 11.3 Å². The van der Waals surface area contributed by atoms with Crippen molar-refractivity contribution >= 4 is 39.7 Å². The van der Waals surface area contributed by atoms with Crippen LogP contribution in [0, 0.1) is 6.92 Å². The molecule has 0 aliphatic heterocycles. The van der Waals surface area contributed by atoms with Crippen molar-refractivity contribution in [1.82, 2.24) is 20.3 Å². The minimum absolute atomic E-state index is 0.00316. The lowest BCUT2D eigenvalue weighted by Crippen LogP contribution is -2.27. The van der Waals surface area contributed by atoms with E-state index in [0.29, 0.717) is 37.7 Å². The summed E-state index contributed by atoms with van der Waals surface area (Å²) in [6, 6.07) is 11.6. The van der Waals surface area contributed by atoms with Crippen LogP contribution in [0.2, 0.25) is 0 Å². The van der Waals surface area contributed by atoms with Crippen molar-refractivity contribution in [1.29, 1.82) is 0 Å². The number of carbonyl (C=O) groups excluding carboxylic acids is 1. The van der Waals surface area contributed by atoms with Crippen LogP contribution in [0.15, 0.2) is 53.6 Å². The Morgan fingerprint density at radius 1 is 1.09 bits per heavy atom. The van der Waals surface area contributed by atoms with E-state index in [9.17, 15) is 4.79 Å². The predicted molar refractivity (Wildman–Crippen MR) is 129 cm³/mol. The van der Waals surface area contributed by atoms with Gasteiger partial charge in [-0.1, -0.05) is 13.0 Å². The summed E-state index contributed by atoms with van der Waals surface area (Å²) in [7, 11) is 0. The van der Waals surface area contributed by atoms with E-state index in [1.165, 1.54) is 6.33 Å². The van der Waals surface area contributed by atoms with E-state index in [0.717, 1.165) is 33.6 Å². The van der Waals surface area contributed by atoms with Gasteiger partial charge in [0.25, 0.3) is 0 Å². The normalized spacial score (nSPS) is 10.7. The molecule has 2 heterocycles. The Kier molecular flexibility index (Phi) is 7.31. The van der Waals surface area contributed by atoms with Gasteiger partial charge in [-0.05, 0) is 42.8 Å². The number of anilines is 2. The summed E-state index contributed by atoms with van der Waals surface area (Å²) in [5.41, 5.74) is 5.35. The zero-order chi connectivity index (χ0) is 23.0. The van der Waals surface area contributed by atoms with Crippen molar-refractivity contribution in [3.05, 3.63) is 64.9 Å². The second-order valence-corrected chi connectivity index (χ2v) is 8.02. The third-order valence-corrected chi connectivity index (χ3v) is 5.56. The van der Waals surface area contributed by atoms with Crippen molar-refractivity contribution in [3.63, 3.8) is 0 Å². The first-order valence-electron chi connectivity index (χ1n) is 10.6. The van der Waals surface area contributed by atoms with Crippen molar-refractivity contribution in [2.75, 3.05) is 18.5 Å². The maximum absolute atomic E-state index is 11.4.